The maximum atomic E-state index is 11.6. The first-order valence-corrected chi connectivity index (χ1v) is 7.46. The van der Waals surface area contributed by atoms with Crippen LogP contribution >= 0.6 is 0 Å². The summed E-state index contributed by atoms with van der Waals surface area (Å²) in [5.74, 6) is 0.236. The highest BCUT2D eigenvalue weighted by Crippen LogP contribution is 2.32. The van der Waals surface area contributed by atoms with Crippen molar-refractivity contribution in [2.45, 2.75) is 26.0 Å². The molecule has 1 aromatic carbocycles. The summed E-state index contributed by atoms with van der Waals surface area (Å²) in [6.45, 7) is 3.49. The molecule has 0 radical (unpaired) electrons. The molecule has 2 aromatic heterocycles. The first-order chi connectivity index (χ1) is 11.3. The third-order valence-electron chi connectivity index (χ3n) is 3.51. The normalized spacial score (nSPS) is 11.8. The van der Waals surface area contributed by atoms with Gasteiger partial charge in [0.15, 0.2) is 5.82 Å². The van der Waals surface area contributed by atoms with E-state index in [0.29, 0.717) is 16.6 Å². The highest BCUT2D eigenvalue weighted by molar-refractivity contribution is 6.06. The van der Waals surface area contributed by atoms with Gasteiger partial charge in [0.1, 0.15) is 5.52 Å². The number of imidazole rings is 1. The van der Waals surface area contributed by atoms with Crippen molar-refractivity contribution in [1.82, 2.24) is 19.9 Å². The molecule has 8 heteroatoms. The van der Waals surface area contributed by atoms with Gasteiger partial charge in [0.05, 0.1) is 23.2 Å². The predicted molar refractivity (Wildman–Crippen MR) is 90.8 cm³/mol. The minimum atomic E-state index is -1.05. The van der Waals surface area contributed by atoms with Crippen molar-refractivity contribution >= 4 is 33.8 Å². The summed E-state index contributed by atoms with van der Waals surface area (Å²) in [5, 5.41) is 13.4. The number of amides is 1. The number of carbonyl (C=O) groups excluding carboxylic acids is 1. The number of para-hydroxylation sites is 1. The standard InChI is InChI=1S/C16H19N5O3/c1-16(2,23)8-21-12-9-6-4-5-7-10(9)19-13(17)11(12)20-14(21)24-15(22)18-3/h4-7,23H,8H2,1-3H3,(H2,17,19)(H,18,22). The number of anilines is 1. The van der Waals surface area contributed by atoms with Crippen molar-refractivity contribution in [3.63, 3.8) is 0 Å². The van der Waals surface area contributed by atoms with Crippen molar-refractivity contribution in [3.05, 3.63) is 24.3 Å². The topological polar surface area (TPSA) is 115 Å². The van der Waals surface area contributed by atoms with Crippen LogP contribution < -0.4 is 15.8 Å². The summed E-state index contributed by atoms with van der Waals surface area (Å²) in [5.41, 5.74) is 6.77. The zero-order chi connectivity index (χ0) is 17.5. The fourth-order valence-corrected chi connectivity index (χ4v) is 2.58. The molecule has 0 fully saturated rings. The van der Waals surface area contributed by atoms with Gasteiger partial charge in [-0.1, -0.05) is 18.2 Å². The quantitative estimate of drug-likeness (QED) is 0.673. The van der Waals surface area contributed by atoms with Gasteiger partial charge in [-0.05, 0) is 19.9 Å². The number of nitrogens with one attached hydrogen (secondary N) is 1. The first kappa shape index (κ1) is 16.0. The number of pyridine rings is 1. The number of rotatable bonds is 3. The van der Waals surface area contributed by atoms with E-state index in [1.54, 1.807) is 18.4 Å². The molecule has 24 heavy (non-hydrogen) atoms. The van der Waals surface area contributed by atoms with Gasteiger partial charge in [-0.15, -0.1) is 0 Å². The summed E-state index contributed by atoms with van der Waals surface area (Å²) < 4.78 is 6.88. The molecular weight excluding hydrogens is 310 g/mol. The average molecular weight is 329 g/mol. The van der Waals surface area contributed by atoms with Crippen LogP contribution in [0.2, 0.25) is 0 Å². The predicted octanol–water partition coefficient (Wildman–Crippen LogP) is 1.66. The first-order valence-electron chi connectivity index (χ1n) is 7.46. The maximum Gasteiger partial charge on any atom is 0.414 e. The lowest BCUT2D eigenvalue weighted by Crippen LogP contribution is -2.28. The van der Waals surface area contributed by atoms with Crippen LogP contribution in [0, 0.1) is 0 Å². The Morgan fingerprint density at radius 2 is 2.08 bits per heavy atom. The molecular formula is C16H19N5O3. The van der Waals surface area contributed by atoms with Crippen LogP contribution in [-0.4, -0.2) is 38.4 Å². The van der Waals surface area contributed by atoms with Gasteiger partial charge in [-0.2, -0.15) is 4.98 Å². The summed E-state index contributed by atoms with van der Waals surface area (Å²) >= 11 is 0. The van der Waals surface area contributed by atoms with Gasteiger partial charge in [-0.25, -0.2) is 9.78 Å². The van der Waals surface area contributed by atoms with E-state index in [0.717, 1.165) is 5.39 Å². The van der Waals surface area contributed by atoms with E-state index in [4.69, 9.17) is 10.5 Å². The fraction of sp³-hybridized carbons (Fsp3) is 0.312. The molecule has 0 aliphatic carbocycles. The summed E-state index contributed by atoms with van der Waals surface area (Å²) in [6.07, 6.45) is -0.655. The number of nitrogens with two attached hydrogens (primary N) is 1. The number of hydrogen-bond acceptors (Lipinski definition) is 6. The van der Waals surface area contributed by atoms with E-state index in [9.17, 15) is 9.90 Å². The van der Waals surface area contributed by atoms with Crippen molar-refractivity contribution in [3.8, 4) is 6.01 Å². The highest BCUT2D eigenvalue weighted by atomic mass is 16.6. The Bertz CT molecular complexity index is 927. The highest BCUT2D eigenvalue weighted by Gasteiger charge is 2.24. The molecule has 126 valence electrons. The lowest BCUT2D eigenvalue weighted by atomic mass is 10.1. The Balaban J connectivity index is 2.34. The Labute approximate surface area is 138 Å². The van der Waals surface area contributed by atoms with E-state index in [-0.39, 0.29) is 18.4 Å². The molecule has 0 aliphatic rings. The third-order valence-corrected chi connectivity index (χ3v) is 3.51. The molecule has 0 unspecified atom stereocenters. The monoisotopic (exact) mass is 329 g/mol. The van der Waals surface area contributed by atoms with Crippen molar-refractivity contribution < 1.29 is 14.6 Å². The molecule has 0 saturated heterocycles. The second-order valence-electron chi connectivity index (χ2n) is 6.14. The Kier molecular flexibility index (Phi) is 3.76. The molecule has 0 atom stereocenters. The molecule has 0 saturated carbocycles. The molecule has 4 N–H and O–H groups in total. The minimum Gasteiger partial charge on any atom is -0.389 e. The summed E-state index contributed by atoms with van der Waals surface area (Å²) in [4.78, 5) is 20.3. The van der Waals surface area contributed by atoms with Crippen molar-refractivity contribution in [1.29, 1.82) is 0 Å². The molecule has 0 bridgehead atoms. The number of aliphatic hydroxyl groups is 1. The van der Waals surface area contributed by atoms with Crippen molar-refractivity contribution in [2.24, 2.45) is 0 Å². The van der Waals surface area contributed by atoms with Crippen molar-refractivity contribution in [2.75, 3.05) is 12.8 Å². The Morgan fingerprint density at radius 1 is 1.38 bits per heavy atom. The Hall–Kier alpha value is -2.87. The van der Waals surface area contributed by atoms with Crippen LogP contribution in [0.1, 0.15) is 13.8 Å². The molecule has 2 heterocycles. The minimum absolute atomic E-state index is 0.0522. The number of ether oxygens (including phenoxy) is 1. The molecule has 8 nitrogen and oxygen atoms in total. The summed E-state index contributed by atoms with van der Waals surface area (Å²) in [6, 6.07) is 7.51. The van der Waals surface area contributed by atoms with Gasteiger partial charge in [-0.3, -0.25) is 4.57 Å². The van der Waals surface area contributed by atoms with E-state index in [2.05, 4.69) is 15.3 Å². The Morgan fingerprint density at radius 3 is 2.75 bits per heavy atom. The third kappa shape index (κ3) is 2.83. The van der Waals surface area contributed by atoms with Crippen LogP contribution in [0.5, 0.6) is 6.01 Å². The van der Waals surface area contributed by atoms with Crippen LogP contribution in [0.25, 0.3) is 21.9 Å². The van der Waals surface area contributed by atoms with Gasteiger partial charge in [0, 0.05) is 12.4 Å². The molecule has 3 rings (SSSR count). The van der Waals surface area contributed by atoms with Crippen LogP contribution in [-0.2, 0) is 6.54 Å². The van der Waals surface area contributed by atoms with Gasteiger partial charge in [0.2, 0.25) is 0 Å². The maximum absolute atomic E-state index is 11.6. The zero-order valence-corrected chi connectivity index (χ0v) is 13.7. The number of fused-ring (bicyclic) bond motifs is 3. The number of aromatic nitrogens is 3. The lowest BCUT2D eigenvalue weighted by molar-refractivity contribution is 0.0602. The second kappa shape index (κ2) is 5.64. The number of benzene rings is 1. The fourth-order valence-electron chi connectivity index (χ4n) is 2.58. The zero-order valence-electron chi connectivity index (χ0n) is 13.7. The number of hydrogen-bond donors (Lipinski definition) is 3. The molecule has 3 aromatic rings. The van der Waals surface area contributed by atoms with Crippen LogP contribution in [0.4, 0.5) is 10.6 Å². The van der Waals surface area contributed by atoms with E-state index >= 15 is 0 Å². The van der Waals surface area contributed by atoms with E-state index in [1.807, 2.05) is 24.3 Å². The van der Waals surface area contributed by atoms with E-state index < -0.39 is 11.7 Å². The van der Waals surface area contributed by atoms with Crippen LogP contribution in [0.15, 0.2) is 24.3 Å². The molecule has 0 spiro atoms. The largest absolute Gasteiger partial charge is 0.414 e. The number of nitrogen functional groups attached to an aromatic ring is 1. The molecule has 0 aliphatic heterocycles. The number of nitrogens with zero attached hydrogens (tertiary/aromatic N) is 3. The SMILES string of the molecule is CNC(=O)Oc1nc2c(N)nc3ccccc3c2n1CC(C)(C)O. The van der Waals surface area contributed by atoms with Gasteiger partial charge < -0.3 is 20.9 Å². The van der Waals surface area contributed by atoms with Gasteiger partial charge >= 0.3 is 12.1 Å². The lowest BCUT2D eigenvalue weighted by Gasteiger charge is -2.20. The average Bonchev–Trinajstić information content (AvgIpc) is 2.85. The van der Waals surface area contributed by atoms with Crippen LogP contribution in [0.3, 0.4) is 0 Å². The smallest absolute Gasteiger partial charge is 0.389 e. The molecule has 1 amide bonds. The van der Waals surface area contributed by atoms with Gasteiger partial charge in [0.25, 0.3) is 0 Å². The summed E-state index contributed by atoms with van der Waals surface area (Å²) in [7, 11) is 1.45. The second-order valence-corrected chi connectivity index (χ2v) is 6.14. The number of carbonyl (C=O) groups is 1. The van der Waals surface area contributed by atoms with E-state index in [1.165, 1.54) is 7.05 Å².